The van der Waals surface area contributed by atoms with Crippen molar-refractivity contribution in [3.8, 4) is 11.1 Å². The van der Waals surface area contributed by atoms with E-state index < -0.39 is 0 Å². The van der Waals surface area contributed by atoms with Gasteiger partial charge < -0.3 is 20.4 Å². The van der Waals surface area contributed by atoms with Crippen molar-refractivity contribution >= 4 is 5.78 Å². The van der Waals surface area contributed by atoms with E-state index in [0.29, 0.717) is 35.9 Å². The van der Waals surface area contributed by atoms with E-state index in [1.54, 1.807) is 0 Å². The van der Waals surface area contributed by atoms with Crippen LogP contribution < -0.4 is 0 Å². The van der Waals surface area contributed by atoms with E-state index >= 15 is 0 Å². The van der Waals surface area contributed by atoms with Crippen LogP contribution in [0.2, 0.25) is 0 Å². The Morgan fingerprint density at radius 3 is 1.09 bits per heavy atom. The van der Waals surface area contributed by atoms with Crippen LogP contribution >= 0.6 is 0 Å². The largest absolute Gasteiger partial charge is 0.393 e. The third-order valence-electron chi connectivity index (χ3n) is 14.1. The second-order valence-electron chi connectivity index (χ2n) is 18.2. The molecule has 0 heterocycles. The van der Waals surface area contributed by atoms with Gasteiger partial charge in [0.25, 0.3) is 0 Å². The predicted octanol–water partition coefficient (Wildman–Crippen LogP) is 21.7. The molecule has 0 aromatic heterocycles. The molecule has 5 aliphatic rings. The van der Waals surface area contributed by atoms with Crippen LogP contribution in [0.4, 0.5) is 0 Å². The van der Waals surface area contributed by atoms with Crippen molar-refractivity contribution in [2.24, 2.45) is 5.92 Å². The number of fused-ring (bicyclic) bond motifs is 6. The highest BCUT2D eigenvalue weighted by Gasteiger charge is 2.27. The molecule has 0 amide bonds. The Hall–Kier alpha value is -4.39. The third kappa shape index (κ3) is 30.1. The van der Waals surface area contributed by atoms with Crippen molar-refractivity contribution in [2.45, 2.75) is 292 Å². The first-order valence-electron chi connectivity index (χ1n) is 33.1. The highest BCUT2D eigenvalue weighted by Crippen LogP contribution is 2.37. The molecule has 10 rings (SSSR count). The lowest BCUT2D eigenvalue weighted by Crippen LogP contribution is -2.22. The van der Waals surface area contributed by atoms with Crippen LogP contribution in [0.15, 0.2) is 121 Å². The normalized spacial score (nSPS) is 21.0. The molecule has 9 atom stereocenters. The Labute approximate surface area is 503 Å². The maximum absolute atomic E-state index is 12.1. The number of carbonyl (C=O) groups excluding carboxylic acids is 1. The van der Waals surface area contributed by atoms with Gasteiger partial charge in [-0.15, -0.1) is 0 Å². The van der Waals surface area contributed by atoms with E-state index in [9.17, 15) is 25.2 Å². The number of aryl methyl sites for hydroxylation is 2. The van der Waals surface area contributed by atoms with Crippen LogP contribution in [0.5, 0.6) is 0 Å². The topological polar surface area (TPSA) is 98.0 Å². The van der Waals surface area contributed by atoms with Crippen molar-refractivity contribution in [1.82, 2.24) is 0 Å². The Bertz CT molecular complexity index is 2150. The van der Waals surface area contributed by atoms with E-state index in [0.717, 1.165) is 56.1 Å². The van der Waals surface area contributed by atoms with E-state index in [2.05, 4.69) is 107 Å². The summed E-state index contributed by atoms with van der Waals surface area (Å²) < 4.78 is 0. The molecule has 0 spiro atoms. The molecule has 0 saturated heterocycles. The van der Waals surface area contributed by atoms with Gasteiger partial charge in [-0.05, 0) is 113 Å². The van der Waals surface area contributed by atoms with Crippen LogP contribution in [0, 0.1) is 5.92 Å². The molecule has 464 valence electrons. The monoisotopic (exact) mass is 1120 g/mol. The summed E-state index contributed by atoms with van der Waals surface area (Å²) in [6.07, 6.45) is 10.9. The van der Waals surface area contributed by atoms with Crippen LogP contribution in [-0.2, 0) is 30.5 Å². The van der Waals surface area contributed by atoms with Crippen LogP contribution in [-0.4, -0.2) is 50.6 Å². The van der Waals surface area contributed by atoms with Gasteiger partial charge in [0.15, 0.2) is 0 Å². The van der Waals surface area contributed by atoms with Crippen molar-refractivity contribution < 1.29 is 25.2 Å². The summed E-state index contributed by atoms with van der Waals surface area (Å²) in [6, 6.07) is 41.6. The maximum Gasteiger partial charge on any atom is 0.144 e. The Morgan fingerprint density at radius 1 is 0.321 bits per heavy atom. The number of hydrogen-bond acceptors (Lipinski definition) is 5. The fourth-order valence-electron chi connectivity index (χ4n) is 9.77. The molecule has 5 heteroatoms. The summed E-state index contributed by atoms with van der Waals surface area (Å²) in [7, 11) is 0. The zero-order valence-electron chi connectivity index (χ0n) is 57.2. The average molecular weight is 1120 g/mol. The lowest BCUT2D eigenvalue weighted by atomic mass is 9.82. The standard InChI is InChI=1S/C16H14O.C12H16O.C11H14O.C10H12O.C7H14O.10C2H6/c1-11-13-7-4-5-9-15(13)14-8-3-2-6-12(14)10-16(11)17;1-9-11-7-3-2-5-10(11)6-4-8-12(9)13;1-8-10-5-3-2-4-9(10)6-7-11(8)12;1-7-9-5-3-2-4-8(9)6-10(7)11;1-6-4-2-3-5-7(6)8;10*1-2/h2-9,11H,10H2,1H3;2-3,5,7,9,12-13H,4,6,8H2,1H3;2-5,8,11-12H,6-7H2,1H3;2-5,7,10-11H,6H2,1H3;6-8H,2-5H2,1H3;10*1-2H3. The number of ketones is 1. The molecule has 5 nitrogen and oxygen atoms in total. The number of Topliss-reactive ketones (excluding diaryl/α,β-unsaturated/α-hetero) is 1. The molecule has 0 aliphatic heterocycles. The maximum atomic E-state index is 12.1. The van der Waals surface area contributed by atoms with Crippen molar-refractivity contribution in [3.63, 3.8) is 0 Å². The zero-order chi connectivity index (χ0) is 63.5. The minimum absolute atomic E-state index is 0.00130. The van der Waals surface area contributed by atoms with Gasteiger partial charge in [-0.1, -0.05) is 307 Å². The smallest absolute Gasteiger partial charge is 0.144 e. The first-order chi connectivity index (χ1) is 39.4. The van der Waals surface area contributed by atoms with Gasteiger partial charge in [0, 0.05) is 30.1 Å². The molecule has 4 N–H and O–H groups in total. The average Bonchev–Trinajstić information content (AvgIpc) is 3.84. The summed E-state index contributed by atoms with van der Waals surface area (Å²) in [5.74, 6) is 1.81. The molecular weight excluding hydrogens is 993 g/mol. The second kappa shape index (κ2) is 56.1. The molecule has 0 bridgehead atoms. The number of aliphatic hydroxyl groups is 4. The Balaban J connectivity index is -0.000000278. The van der Waals surface area contributed by atoms with Gasteiger partial charge in [-0.2, -0.15) is 0 Å². The summed E-state index contributed by atoms with van der Waals surface area (Å²) >= 11 is 0. The molecule has 9 unspecified atom stereocenters. The molecule has 5 aromatic rings. The quantitative estimate of drug-likeness (QED) is 0.116. The van der Waals surface area contributed by atoms with Gasteiger partial charge in [0.1, 0.15) is 5.78 Å². The highest BCUT2D eigenvalue weighted by molar-refractivity contribution is 5.93. The van der Waals surface area contributed by atoms with Crippen LogP contribution in [0.3, 0.4) is 0 Å². The van der Waals surface area contributed by atoms with Gasteiger partial charge in [-0.3, -0.25) is 4.79 Å². The van der Waals surface area contributed by atoms with Crippen LogP contribution in [0.25, 0.3) is 11.1 Å². The molecule has 81 heavy (non-hydrogen) atoms. The van der Waals surface area contributed by atoms with Gasteiger partial charge in [0.2, 0.25) is 0 Å². The molecule has 1 saturated carbocycles. The van der Waals surface area contributed by atoms with E-state index in [-0.39, 0.29) is 30.3 Å². The summed E-state index contributed by atoms with van der Waals surface area (Å²) in [5, 5.41) is 38.1. The number of carbonyl (C=O) groups is 1. The highest BCUT2D eigenvalue weighted by atomic mass is 16.3. The lowest BCUT2D eigenvalue weighted by Gasteiger charge is -2.27. The first kappa shape index (κ1) is 85.4. The zero-order valence-corrected chi connectivity index (χ0v) is 57.2. The fraction of sp³-hybridized carbons (Fsp3) is 0.592. The van der Waals surface area contributed by atoms with Crippen molar-refractivity contribution in [3.05, 3.63) is 166 Å². The number of benzene rings is 5. The first-order valence-corrected chi connectivity index (χ1v) is 33.1. The molecular formula is C76H130O5. The van der Waals surface area contributed by atoms with Crippen LogP contribution in [0.1, 0.15) is 286 Å². The Morgan fingerprint density at radius 2 is 0.654 bits per heavy atom. The lowest BCUT2D eigenvalue weighted by molar-refractivity contribution is -0.119. The minimum Gasteiger partial charge on any atom is -0.393 e. The van der Waals surface area contributed by atoms with E-state index in [1.165, 1.54) is 63.8 Å². The number of hydrogen-bond donors (Lipinski definition) is 4. The molecule has 0 radical (unpaired) electrons. The molecule has 5 aliphatic carbocycles. The Kier molecular flexibility index (Phi) is 59.2. The second-order valence-corrected chi connectivity index (χ2v) is 18.2. The van der Waals surface area contributed by atoms with Crippen molar-refractivity contribution in [1.29, 1.82) is 0 Å². The fourth-order valence-corrected chi connectivity index (χ4v) is 9.77. The van der Waals surface area contributed by atoms with Gasteiger partial charge in [-0.25, -0.2) is 0 Å². The van der Waals surface area contributed by atoms with Crippen molar-refractivity contribution in [2.75, 3.05) is 0 Å². The summed E-state index contributed by atoms with van der Waals surface area (Å²) in [4.78, 5) is 12.1. The SMILES string of the molecule is CC.CC.CC.CC.CC.CC.CC.CC.CC.CC.CC1C(=O)Cc2ccccc2-c2ccccc21.CC1CCCCC1O.CC1c2ccccc2CC1O.CC1c2ccccc2CCC1O.CC1c2ccccc2CCCC1O. The number of aliphatic hydroxyl groups excluding tert-OH is 4. The molecule has 5 aromatic carbocycles. The third-order valence-corrected chi connectivity index (χ3v) is 14.1. The predicted molar refractivity (Wildman–Crippen MR) is 364 cm³/mol. The number of rotatable bonds is 0. The van der Waals surface area contributed by atoms with E-state index in [1.807, 2.05) is 188 Å². The van der Waals surface area contributed by atoms with E-state index in [4.69, 9.17) is 0 Å². The van der Waals surface area contributed by atoms with Gasteiger partial charge in [0.05, 0.1) is 24.4 Å². The summed E-state index contributed by atoms with van der Waals surface area (Å²) in [6.45, 7) is 50.4. The summed E-state index contributed by atoms with van der Waals surface area (Å²) in [5.41, 5.74) is 12.9. The molecule has 1 fully saturated rings. The minimum atomic E-state index is -0.160. The van der Waals surface area contributed by atoms with Gasteiger partial charge >= 0.3 is 0 Å².